The van der Waals surface area contributed by atoms with Gasteiger partial charge < -0.3 is 5.32 Å². The molecule has 0 aliphatic heterocycles. The van der Waals surface area contributed by atoms with E-state index in [1.54, 1.807) is 39.0 Å². The summed E-state index contributed by atoms with van der Waals surface area (Å²) in [6.07, 6.45) is 3.16. The van der Waals surface area contributed by atoms with E-state index in [0.29, 0.717) is 24.3 Å². The summed E-state index contributed by atoms with van der Waals surface area (Å²) in [4.78, 5) is 13.2. The fourth-order valence-corrected chi connectivity index (χ4v) is 4.71. The first-order chi connectivity index (χ1) is 11.9. The van der Waals surface area contributed by atoms with Crippen LogP contribution in [0.3, 0.4) is 0 Å². The predicted octanol–water partition coefficient (Wildman–Crippen LogP) is 3.74. The van der Waals surface area contributed by atoms with Crippen LogP contribution >= 0.6 is 11.3 Å². The molecule has 5 nitrogen and oxygen atoms in total. The van der Waals surface area contributed by atoms with Crippen molar-refractivity contribution in [2.75, 3.05) is 18.4 Å². The van der Waals surface area contributed by atoms with Crippen LogP contribution in [0, 0.1) is 6.92 Å². The normalized spacial score (nSPS) is 12.0. The second-order valence-electron chi connectivity index (χ2n) is 5.41. The van der Waals surface area contributed by atoms with Crippen molar-refractivity contribution in [2.45, 2.75) is 25.7 Å². The van der Waals surface area contributed by atoms with E-state index in [1.165, 1.54) is 27.8 Å². The summed E-state index contributed by atoms with van der Waals surface area (Å²) >= 11 is 1.54. The molecule has 0 aliphatic rings. The highest BCUT2D eigenvalue weighted by Crippen LogP contribution is 2.23. The van der Waals surface area contributed by atoms with Gasteiger partial charge in [-0.05, 0) is 42.1 Å². The van der Waals surface area contributed by atoms with Crippen LogP contribution in [0.4, 0.5) is 5.69 Å². The van der Waals surface area contributed by atoms with E-state index >= 15 is 0 Å². The fourth-order valence-electron chi connectivity index (χ4n) is 2.39. The Kier molecular flexibility index (Phi) is 6.52. The van der Waals surface area contributed by atoms with E-state index in [4.69, 9.17) is 0 Å². The Morgan fingerprint density at radius 2 is 1.96 bits per heavy atom. The van der Waals surface area contributed by atoms with E-state index in [9.17, 15) is 13.2 Å². The van der Waals surface area contributed by atoms with Gasteiger partial charge in [0.2, 0.25) is 15.9 Å². The maximum absolute atomic E-state index is 12.7. The number of anilines is 1. The maximum Gasteiger partial charge on any atom is 0.248 e. The third kappa shape index (κ3) is 4.78. The molecule has 2 rings (SSSR count). The van der Waals surface area contributed by atoms with Gasteiger partial charge in [0.1, 0.15) is 0 Å². The fraction of sp³-hybridized carbons (Fsp3) is 0.278. The van der Waals surface area contributed by atoms with Gasteiger partial charge in [-0.3, -0.25) is 4.79 Å². The van der Waals surface area contributed by atoms with Crippen LogP contribution in [0.15, 0.2) is 46.7 Å². The summed E-state index contributed by atoms with van der Waals surface area (Å²) in [7, 11) is -3.57. The molecule has 1 amide bonds. The molecule has 1 aromatic carbocycles. The minimum atomic E-state index is -3.57. The van der Waals surface area contributed by atoms with Crippen LogP contribution in [0.2, 0.25) is 0 Å². The molecule has 1 N–H and O–H groups in total. The summed E-state index contributed by atoms with van der Waals surface area (Å²) < 4.78 is 26.9. The lowest BCUT2D eigenvalue weighted by Crippen LogP contribution is -2.31. The van der Waals surface area contributed by atoms with Crippen LogP contribution in [0.1, 0.15) is 24.3 Å². The van der Waals surface area contributed by atoms with Gasteiger partial charge in [-0.15, -0.1) is 11.3 Å². The number of rotatable bonds is 7. The quantitative estimate of drug-likeness (QED) is 0.747. The highest BCUT2D eigenvalue weighted by molar-refractivity contribution is 7.89. The number of sulfonamides is 1. The Balaban J connectivity index is 2.22. The predicted molar refractivity (Wildman–Crippen MR) is 103 cm³/mol. The average molecular weight is 379 g/mol. The van der Waals surface area contributed by atoms with Crippen LogP contribution in [0.5, 0.6) is 0 Å². The minimum Gasteiger partial charge on any atom is -0.322 e. The molecule has 0 aliphatic carbocycles. The highest BCUT2D eigenvalue weighted by Gasteiger charge is 2.23. The topological polar surface area (TPSA) is 66.5 Å². The van der Waals surface area contributed by atoms with Gasteiger partial charge in [0.25, 0.3) is 0 Å². The molecule has 7 heteroatoms. The number of hydrogen-bond acceptors (Lipinski definition) is 4. The lowest BCUT2D eigenvalue weighted by molar-refractivity contribution is -0.111. The molecule has 1 heterocycles. The van der Waals surface area contributed by atoms with E-state index in [0.717, 1.165) is 4.88 Å². The number of benzene rings is 1. The van der Waals surface area contributed by atoms with Gasteiger partial charge in [-0.2, -0.15) is 4.31 Å². The van der Waals surface area contributed by atoms with E-state index in [1.807, 2.05) is 17.5 Å². The molecule has 25 heavy (non-hydrogen) atoms. The molecular weight excluding hydrogens is 356 g/mol. The molecule has 0 bridgehead atoms. The van der Waals surface area contributed by atoms with Crippen molar-refractivity contribution in [3.05, 3.63) is 52.2 Å². The van der Waals surface area contributed by atoms with Gasteiger partial charge in [0.15, 0.2) is 0 Å². The maximum atomic E-state index is 12.7. The van der Waals surface area contributed by atoms with Crippen molar-refractivity contribution in [2.24, 2.45) is 0 Å². The summed E-state index contributed by atoms with van der Waals surface area (Å²) in [6.45, 7) is 6.16. The van der Waals surface area contributed by atoms with Gasteiger partial charge in [0, 0.05) is 29.7 Å². The molecule has 0 atom stereocenters. The summed E-state index contributed by atoms with van der Waals surface area (Å²) in [5.74, 6) is -0.302. The second kappa shape index (κ2) is 8.42. The Morgan fingerprint density at radius 3 is 2.56 bits per heavy atom. The van der Waals surface area contributed by atoms with Crippen LogP contribution in [-0.2, 0) is 14.8 Å². The van der Waals surface area contributed by atoms with Gasteiger partial charge in [0.05, 0.1) is 4.90 Å². The van der Waals surface area contributed by atoms with E-state index < -0.39 is 10.0 Å². The molecule has 0 saturated heterocycles. The first-order valence-electron chi connectivity index (χ1n) is 8.01. The van der Waals surface area contributed by atoms with Crippen molar-refractivity contribution in [1.82, 2.24) is 4.31 Å². The second-order valence-corrected chi connectivity index (χ2v) is 8.29. The standard InChI is InChI=1S/C18H22N2O3S2/c1-4-20(5-2)25(22,23)17-13-15(9-8-14(17)3)19-18(21)11-10-16-7-6-12-24-16/h6-13H,4-5H2,1-3H3,(H,19,21)/b11-10+. The summed E-state index contributed by atoms with van der Waals surface area (Å²) in [5.41, 5.74) is 1.11. The summed E-state index contributed by atoms with van der Waals surface area (Å²) in [6, 6.07) is 8.74. The molecule has 0 fully saturated rings. The molecule has 134 valence electrons. The number of nitrogens with zero attached hydrogens (tertiary/aromatic N) is 1. The van der Waals surface area contributed by atoms with Crippen molar-refractivity contribution >= 4 is 39.0 Å². The van der Waals surface area contributed by atoms with Crippen molar-refractivity contribution in [3.63, 3.8) is 0 Å². The Hall–Kier alpha value is -1.96. The number of amides is 1. The third-order valence-corrected chi connectivity index (χ3v) is 6.75. The Morgan fingerprint density at radius 1 is 1.24 bits per heavy atom. The SMILES string of the molecule is CCN(CC)S(=O)(=O)c1cc(NC(=O)/C=C/c2cccs2)ccc1C. The van der Waals surface area contributed by atoms with Crippen molar-refractivity contribution in [3.8, 4) is 0 Å². The first-order valence-corrected chi connectivity index (χ1v) is 10.3. The molecule has 0 saturated carbocycles. The number of aryl methyl sites for hydroxylation is 1. The van der Waals surface area contributed by atoms with Crippen molar-refractivity contribution in [1.29, 1.82) is 0 Å². The number of thiophene rings is 1. The van der Waals surface area contributed by atoms with E-state index in [-0.39, 0.29) is 10.8 Å². The van der Waals surface area contributed by atoms with Gasteiger partial charge >= 0.3 is 0 Å². The average Bonchev–Trinajstić information content (AvgIpc) is 3.09. The van der Waals surface area contributed by atoms with Gasteiger partial charge in [-0.25, -0.2) is 8.42 Å². The number of carbonyl (C=O) groups excluding carboxylic acids is 1. The number of nitrogens with one attached hydrogen (secondary N) is 1. The lowest BCUT2D eigenvalue weighted by Gasteiger charge is -2.20. The zero-order chi connectivity index (χ0) is 18.4. The molecule has 2 aromatic rings. The zero-order valence-corrected chi connectivity index (χ0v) is 16.2. The number of carbonyl (C=O) groups is 1. The molecular formula is C18H22N2O3S2. The van der Waals surface area contributed by atoms with E-state index in [2.05, 4.69) is 5.32 Å². The van der Waals surface area contributed by atoms with Crippen LogP contribution in [0.25, 0.3) is 6.08 Å². The zero-order valence-electron chi connectivity index (χ0n) is 14.5. The minimum absolute atomic E-state index is 0.219. The molecule has 0 spiro atoms. The van der Waals surface area contributed by atoms with Crippen LogP contribution < -0.4 is 5.32 Å². The highest BCUT2D eigenvalue weighted by atomic mass is 32.2. The summed E-state index contributed by atoms with van der Waals surface area (Å²) in [5, 5.41) is 4.65. The monoisotopic (exact) mass is 378 g/mol. The van der Waals surface area contributed by atoms with Crippen molar-refractivity contribution < 1.29 is 13.2 Å². The molecule has 1 aromatic heterocycles. The van der Waals surface area contributed by atoms with Crippen LogP contribution in [-0.4, -0.2) is 31.7 Å². The Labute approximate surface area is 153 Å². The third-order valence-electron chi connectivity index (χ3n) is 3.72. The molecule has 0 unspecified atom stereocenters. The molecule has 0 radical (unpaired) electrons. The van der Waals surface area contributed by atoms with Gasteiger partial charge in [-0.1, -0.05) is 26.0 Å². The lowest BCUT2D eigenvalue weighted by atomic mass is 10.2. The smallest absolute Gasteiger partial charge is 0.248 e. The Bertz CT molecular complexity index is 852. The first kappa shape index (κ1) is 19.4. The number of hydrogen-bond donors (Lipinski definition) is 1. The largest absolute Gasteiger partial charge is 0.322 e.